The first-order chi connectivity index (χ1) is 30.1. The predicted molar refractivity (Wildman–Crippen MR) is 241 cm³/mol. The number of nitrogens with one attached hydrogen (secondary N) is 4. The maximum Gasteiger partial charge on any atom is 0.257 e. The number of nitrogens with zero attached hydrogens (tertiary/aromatic N) is 3. The number of unbranched alkanes of at least 4 members (excludes halogenated alkanes) is 5. The van der Waals surface area contributed by atoms with Gasteiger partial charge in [0.25, 0.3) is 5.91 Å². The second kappa shape index (κ2) is 21.1. The van der Waals surface area contributed by atoms with Crippen LogP contribution in [0.15, 0.2) is 91.3 Å². The molecule has 13 nitrogen and oxygen atoms in total. The van der Waals surface area contributed by atoms with E-state index in [9.17, 15) is 29.1 Å². The van der Waals surface area contributed by atoms with E-state index < -0.39 is 6.04 Å². The van der Waals surface area contributed by atoms with E-state index in [1.165, 1.54) is 11.8 Å². The zero-order valence-corrected chi connectivity index (χ0v) is 35.7. The van der Waals surface area contributed by atoms with Gasteiger partial charge in [0.1, 0.15) is 11.8 Å². The summed E-state index contributed by atoms with van der Waals surface area (Å²) < 4.78 is 0. The number of likely N-dealkylation sites (tertiary alicyclic amines) is 1. The third kappa shape index (κ3) is 11.2. The fourth-order valence-corrected chi connectivity index (χ4v) is 9.20. The first-order valence-electron chi connectivity index (χ1n) is 22.4. The number of phenols is 1. The molecule has 328 valence electrons. The van der Waals surface area contributed by atoms with Gasteiger partial charge in [0.2, 0.25) is 17.7 Å². The molecule has 3 saturated heterocycles. The van der Waals surface area contributed by atoms with Crippen molar-refractivity contribution in [1.29, 1.82) is 0 Å². The zero-order valence-electron chi connectivity index (χ0n) is 35.7. The van der Waals surface area contributed by atoms with Gasteiger partial charge in [0.05, 0.1) is 11.1 Å². The lowest BCUT2D eigenvalue weighted by molar-refractivity contribution is -0.126. The fourth-order valence-electron chi connectivity index (χ4n) is 9.20. The summed E-state index contributed by atoms with van der Waals surface area (Å²) in [4.78, 5) is 69.7. The van der Waals surface area contributed by atoms with E-state index in [2.05, 4.69) is 61.9 Å². The SMILES string of the molecule is C=C1CCC(N2Cc3cccc(NCCCCCCCCNC(=O)CCCC(=O)NCCc4cccc(N5C[C@H]6C[C@@H]5CN6/C=C/C(=O)c5ccccc5O)c4)c3C2=O)C(=O)N1. The van der Waals surface area contributed by atoms with Crippen LogP contribution in [-0.2, 0) is 27.3 Å². The van der Waals surface area contributed by atoms with Crippen molar-refractivity contribution in [3.8, 4) is 5.75 Å². The molecule has 5 N–H and O–H groups in total. The lowest BCUT2D eigenvalue weighted by Crippen LogP contribution is -2.49. The molecule has 0 aliphatic carbocycles. The number of piperazine rings is 1. The number of rotatable bonds is 22. The van der Waals surface area contributed by atoms with Gasteiger partial charge in [-0.3, -0.25) is 24.0 Å². The van der Waals surface area contributed by atoms with Crippen LogP contribution in [0.4, 0.5) is 11.4 Å². The van der Waals surface area contributed by atoms with Gasteiger partial charge in [-0.1, -0.05) is 68.7 Å². The van der Waals surface area contributed by atoms with Crippen LogP contribution in [0.2, 0.25) is 0 Å². The zero-order chi connectivity index (χ0) is 43.4. The van der Waals surface area contributed by atoms with Crippen molar-refractivity contribution in [2.24, 2.45) is 0 Å². The van der Waals surface area contributed by atoms with Crippen LogP contribution in [0.1, 0.15) is 109 Å². The van der Waals surface area contributed by atoms with E-state index in [1.54, 1.807) is 29.2 Å². The number of fused-ring (bicyclic) bond motifs is 3. The van der Waals surface area contributed by atoms with Crippen LogP contribution in [-0.4, -0.2) is 95.2 Å². The Morgan fingerprint density at radius 1 is 0.806 bits per heavy atom. The monoisotopic (exact) mass is 843 g/mol. The Hall–Kier alpha value is -6.11. The number of piperidine rings is 1. The summed E-state index contributed by atoms with van der Waals surface area (Å²) >= 11 is 0. The molecule has 0 aromatic heterocycles. The number of amides is 4. The predicted octanol–water partition coefficient (Wildman–Crippen LogP) is 6.20. The maximum absolute atomic E-state index is 13.3. The van der Waals surface area contributed by atoms with Gasteiger partial charge >= 0.3 is 0 Å². The number of hydrogen-bond donors (Lipinski definition) is 5. The number of ketones is 1. The van der Waals surface area contributed by atoms with Crippen LogP contribution in [0.25, 0.3) is 0 Å². The number of aromatic hydroxyl groups is 1. The minimum atomic E-state index is -0.463. The number of anilines is 2. The van der Waals surface area contributed by atoms with Crippen LogP contribution in [0.3, 0.4) is 0 Å². The summed E-state index contributed by atoms with van der Waals surface area (Å²) in [7, 11) is 0. The molecule has 3 fully saturated rings. The topological polar surface area (TPSA) is 163 Å². The van der Waals surface area contributed by atoms with Crippen molar-refractivity contribution in [3.63, 3.8) is 0 Å². The summed E-state index contributed by atoms with van der Waals surface area (Å²) in [5.41, 5.74) is 5.80. The van der Waals surface area contributed by atoms with Gasteiger partial charge < -0.3 is 41.1 Å². The Morgan fingerprint density at radius 2 is 1.55 bits per heavy atom. The molecule has 62 heavy (non-hydrogen) atoms. The highest BCUT2D eigenvalue weighted by Crippen LogP contribution is 2.36. The van der Waals surface area contributed by atoms with Crippen molar-refractivity contribution >= 4 is 40.8 Å². The third-order valence-corrected chi connectivity index (χ3v) is 12.6. The first-order valence-corrected chi connectivity index (χ1v) is 22.4. The molecule has 4 amide bonds. The second-order valence-corrected chi connectivity index (χ2v) is 17.0. The fraction of sp³-hybridized carbons (Fsp3) is 0.449. The first kappa shape index (κ1) is 44.0. The van der Waals surface area contributed by atoms with Crippen molar-refractivity contribution in [2.75, 3.05) is 42.9 Å². The number of para-hydroxylation sites is 1. The molecule has 3 atom stereocenters. The molecule has 4 heterocycles. The summed E-state index contributed by atoms with van der Waals surface area (Å²) in [6.45, 7) is 7.95. The van der Waals surface area contributed by atoms with Crippen molar-refractivity contribution in [1.82, 2.24) is 25.8 Å². The Labute approximate surface area is 365 Å². The molecule has 2 bridgehead atoms. The van der Waals surface area contributed by atoms with E-state index in [4.69, 9.17) is 0 Å². The van der Waals surface area contributed by atoms with E-state index >= 15 is 0 Å². The summed E-state index contributed by atoms with van der Waals surface area (Å²) in [5.74, 6) is -0.515. The van der Waals surface area contributed by atoms with Gasteiger partial charge in [-0.05, 0) is 86.4 Å². The maximum atomic E-state index is 13.3. The minimum absolute atomic E-state index is 0.00707. The van der Waals surface area contributed by atoms with Gasteiger partial charge in [-0.15, -0.1) is 0 Å². The normalized spacial score (nSPS) is 19.3. The van der Waals surface area contributed by atoms with E-state index in [0.29, 0.717) is 80.6 Å². The molecule has 3 aromatic rings. The van der Waals surface area contributed by atoms with Crippen LogP contribution in [0.5, 0.6) is 5.75 Å². The highest BCUT2D eigenvalue weighted by molar-refractivity contribution is 6.06. The molecule has 0 radical (unpaired) electrons. The highest BCUT2D eigenvalue weighted by Gasteiger charge is 2.42. The molecule has 13 heteroatoms. The number of carbonyl (C=O) groups is 5. The molecule has 3 aromatic carbocycles. The quantitative estimate of drug-likeness (QED) is 0.0451. The molecular weight excluding hydrogens is 783 g/mol. The highest BCUT2D eigenvalue weighted by atomic mass is 16.3. The molecule has 7 rings (SSSR count). The minimum Gasteiger partial charge on any atom is -0.507 e. The van der Waals surface area contributed by atoms with Gasteiger partial charge in [0, 0.05) is 93.5 Å². The molecule has 4 aliphatic rings. The van der Waals surface area contributed by atoms with E-state index in [0.717, 1.165) is 87.8 Å². The second-order valence-electron chi connectivity index (χ2n) is 17.0. The number of benzene rings is 3. The third-order valence-electron chi connectivity index (χ3n) is 12.6. The summed E-state index contributed by atoms with van der Waals surface area (Å²) in [6, 6.07) is 21.2. The number of hydrogen-bond acceptors (Lipinski definition) is 9. The molecule has 4 aliphatic heterocycles. The number of allylic oxidation sites excluding steroid dienone is 2. The largest absolute Gasteiger partial charge is 0.507 e. The number of carbonyl (C=O) groups excluding carboxylic acids is 5. The Kier molecular flexibility index (Phi) is 15.0. The number of phenolic OH excluding ortho intramolecular Hbond substituents is 1. The molecular formula is C49H61N7O6. The standard InChI is InChI=1S/C49H61N7O6/c1-34-21-22-42(48(61)53-34)56-31-36-14-11-17-41(47(36)49(56)62)50-25-8-4-2-3-5-9-26-51-45(59)19-12-20-46(60)52-27-23-35-13-10-15-37(29-35)55-33-38-30-39(55)32-54(38)28-24-44(58)40-16-6-7-18-43(40)57/h6-7,10-11,13-18,24,28-29,38-39,42,50,57H,1-5,8-9,12,19-23,25-27,30-33H2,(H,51,59)(H,52,60)(H,53,61)/b28-24+/t38-,39-,42?/m1/s1. The van der Waals surface area contributed by atoms with E-state index in [1.807, 2.05) is 24.4 Å². The Morgan fingerprint density at radius 3 is 2.31 bits per heavy atom. The van der Waals surface area contributed by atoms with Crippen molar-refractivity contribution in [3.05, 3.63) is 114 Å². The van der Waals surface area contributed by atoms with Gasteiger partial charge in [-0.2, -0.15) is 0 Å². The van der Waals surface area contributed by atoms with Gasteiger partial charge in [0.15, 0.2) is 5.78 Å². The van der Waals surface area contributed by atoms with E-state index in [-0.39, 0.29) is 35.2 Å². The average molecular weight is 844 g/mol. The van der Waals surface area contributed by atoms with Gasteiger partial charge in [-0.25, -0.2) is 0 Å². The lowest BCUT2D eigenvalue weighted by Gasteiger charge is -2.35. The molecule has 1 unspecified atom stereocenters. The summed E-state index contributed by atoms with van der Waals surface area (Å²) in [5, 5.41) is 22.2. The summed E-state index contributed by atoms with van der Waals surface area (Å²) in [6.07, 6.45) is 13.8. The molecule has 0 spiro atoms. The Balaban J connectivity index is 0.691. The van der Waals surface area contributed by atoms with Crippen LogP contribution in [0, 0.1) is 0 Å². The van der Waals surface area contributed by atoms with Crippen LogP contribution >= 0.6 is 0 Å². The average Bonchev–Trinajstić information content (AvgIpc) is 3.97. The van der Waals surface area contributed by atoms with Crippen LogP contribution < -0.4 is 26.2 Å². The smallest absolute Gasteiger partial charge is 0.257 e. The molecule has 0 saturated carbocycles. The van der Waals surface area contributed by atoms with Crippen molar-refractivity contribution < 1.29 is 29.1 Å². The van der Waals surface area contributed by atoms with Crippen molar-refractivity contribution in [2.45, 2.75) is 108 Å². The lowest BCUT2D eigenvalue weighted by atomic mass is 10.0. The Bertz CT molecular complexity index is 2150.